The number of hydrogen-bond acceptors (Lipinski definition) is 6. The van der Waals surface area contributed by atoms with Gasteiger partial charge >= 0.3 is 0 Å². The molecule has 1 fully saturated rings. The van der Waals surface area contributed by atoms with Gasteiger partial charge in [0.1, 0.15) is 24.4 Å². The van der Waals surface area contributed by atoms with Crippen molar-refractivity contribution in [3.63, 3.8) is 0 Å². The van der Waals surface area contributed by atoms with Gasteiger partial charge < -0.3 is 30.3 Å². The second-order valence-electron chi connectivity index (χ2n) is 2.72. The molecule has 0 saturated carbocycles. The fraction of sp³-hybridized carbons (Fsp3) is 1.00. The molecule has 12 heavy (non-hydrogen) atoms. The van der Waals surface area contributed by atoms with Crippen LogP contribution in [0.4, 0.5) is 0 Å². The van der Waals surface area contributed by atoms with E-state index in [0.29, 0.717) is 0 Å². The van der Waals surface area contributed by atoms with E-state index in [1.807, 2.05) is 0 Å². The molecule has 1 aliphatic heterocycles. The van der Waals surface area contributed by atoms with Gasteiger partial charge in [0, 0.05) is 0 Å². The average molecular weight is 180 g/mol. The summed E-state index contributed by atoms with van der Waals surface area (Å²) in [4.78, 5) is 0. The van der Waals surface area contributed by atoms with Crippen LogP contribution in [-0.4, -0.2) is 62.8 Å². The first kappa shape index (κ1) is 9.85. The van der Waals surface area contributed by atoms with Crippen molar-refractivity contribution in [3.05, 3.63) is 0 Å². The summed E-state index contributed by atoms with van der Waals surface area (Å²) < 4.78 is 4.58. The molecule has 5 atom stereocenters. The fourth-order valence-electron chi connectivity index (χ4n) is 1.08. The van der Waals surface area contributed by atoms with E-state index < -0.39 is 37.3 Å². The first-order valence-electron chi connectivity index (χ1n) is 3.56. The van der Waals surface area contributed by atoms with Crippen LogP contribution in [0.5, 0.6) is 0 Å². The van der Waals surface area contributed by atoms with Crippen molar-refractivity contribution in [2.75, 3.05) is 6.61 Å². The lowest BCUT2D eigenvalue weighted by molar-refractivity contribution is -0.286. The summed E-state index contributed by atoms with van der Waals surface area (Å²) in [5, 5.41) is 44.7. The van der Waals surface area contributed by atoms with E-state index in [9.17, 15) is 0 Å². The van der Waals surface area contributed by atoms with Crippen molar-refractivity contribution in [2.45, 2.75) is 30.7 Å². The lowest BCUT2D eigenvalue weighted by Gasteiger charge is -2.37. The van der Waals surface area contributed by atoms with Crippen LogP contribution in [0.2, 0.25) is 0 Å². The summed E-state index contributed by atoms with van der Waals surface area (Å²) in [6.45, 7) is -0.526. The molecule has 5 N–H and O–H groups in total. The highest BCUT2D eigenvalue weighted by atomic mass is 16.6. The molecular weight excluding hydrogens is 168 g/mol. The molecule has 0 aliphatic carbocycles. The molecule has 0 spiro atoms. The predicted octanol–water partition coefficient (Wildman–Crippen LogP) is -3.22. The third-order valence-corrected chi connectivity index (χ3v) is 1.87. The van der Waals surface area contributed by atoms with Crippen LogP contribution in [0.3, 0.4) is 0 Å². The third-order valence-electron chi connectivity index (χ3n) is 1.87. The number of ether oxygens (including phenoxy) is 1. The van der Waals surface area contributed by atoms with E-state index in [0.717, 1.165) is 0 Å². The Morgan fingerprint density at radius 3 is 2.00 bits per heavy atom. The maximum absolute atomic E-state index is 9.12. The number of aliphatic hydroxyl groups excluding tert-OH is 5. The van der Waals surface area contributed by atoms with Crippen molar-refractivity contribution in [2.24, 2.45) is 0 Å². The maximum Gasteiger partial charge on any atom is 0.184 e. The monoisotopic (exact) mass is 180 g/mol. The number of hydrogen-bond donors (Lipinski definition) is 5. The topological polar surface area (TPSA) is 110 Å². The molecule has 0 bridgehead atoms. The Morgan fingerprint density at radius 1 is 0.917 bits per heavy atom. The van der Waals surface area contributed by atoms with Crippen molar-refractivity contribution in [1.82, 2.24) is 0 Å². The van der Waals surface area contributed by atoms with Gasteiger partial charge in [0.25, 0.3) is 0 Å². The van der Waals surface area contributed by atoms with Crippen molar-refractivity contribution in [3.8, 4) is 0 Å². The van der Waals surface area contributed by atoms with E-state index in [1.54, 1.807) is 0 Å². The number of rotatable bonds is 1. The molecule has 6 heteroatoms. The molecule has 1 heterocycles. The van der Waals surface area contributed by atoms with Gasteiger partial charge in [-0.1, -0.05) is 0 Å². The highest BCUT2D eigenvalue weighted by Crippen LogP contribution is 2.18. The quantitative estimate of drug-likeness (QED) is 0.290. The van der Waals surface area contributed by atoms with E-state index in [4.69, 9.17) is 25.5 Å². The van der Waals surface area contributed by atoms with Gasteiger partial charge in [0.15, 0.2) is 6.29 Å². The normalized spacial score (nSPS) is 49.2. The van der Waals surface area contributed by atoms with Crippen LogP contribution >= 0.6 is 0 Å². The van der Waals surface area contributed by atoms with Crippen LogP contribution in [0.25, 0.3) is 0 Å². The highest BCUT2D eigenvalue weighted by molar-refractivity contribution is 4.87. The summed E-state index contributed by atoms with van der Waals surface area (Å²) >= 11 is 0. The van der Waals surface area contributed by atoms with Crippen LogP contribution in [0, 0.1) is 0 Å². The van der Waals surface area contributed by atoms with Gasteiger partial charge in [-0.25, -0.2) is 0 Å². The molecule has 0 aromatic carbocycles. The minimum absolute atomic E-state index is 0.526. The summed E-state index contributed by atoms with van der Waals surface area (Å²) in [5.74, 6) is 0. The summed E-state index contributed by atoms with van der Waals surface area (Å²) in [6.07, 6.45) is -7.04. The Hall–Kier alpha value is -0.240. The van der Waals surface area contributed by atoms with Gasteiger partial charge in [-0.15, -0.1) is 0 Å². The van der Waals surface area contributed by atoms with E-state index >= 15 is 0 Å². The molecule has 1 rings (SSSR count). The SMILES string of the molecule is OC[C@@H]1O[C@H](O)C(O)C(O)[C@@H]1O. The average Bonchev–Trinajstić information content (AvgIpc) is 2.08. The molecule has 1 saturated heterocycles. The summed E-state index contributed by atoms with van der Waals surface area (Å²) in [7, 11) is 0. The van der Waals surface area contributed by atoms with E-state index in [1.165, 1.54) is 0 Å². The molecule has 0 amide bonds. The van der Waals surface area contributed by atoms with E-state index in [-0.39, 0.29) is 0 Å². The third kappa shape index (κ3) is 1.58. The maximum atomic E-state index is 9.12. The van der Waals surface area contributed by atoms with Crippen LogP contribution < -0.4 is 0 Å². The Labute approximate surface area is 68.6 Å². The van der Waals surface area contributed by atoms with Gasteiger partial charge in [0.2, 0.25) is 0 Å². The van der Waals surface area contributed by atoms with E-state index in [2.05, 4.69) is 4.74 Å². The standard InChI is InChI=1S/C6H12O6/c7-1-2-3(8)4(9)5(10)6(11)12-2/h2-11H,1H2/t2-,3+,4?,5?,6-/m0/s1. The Morgan fingerprint density at radius 2 is 1.50 bits per heavy atom. The Balaban J connectivity index is 2.63. The lowest BCUT2D eigenvalue weighted by atomic mass is 10.00. The van der Waals surface area contributed by atoms with Gasteiger partial charge in [-0.2, -0.15) is 0 Å². The molecule has 6 nitrogen and oxygen atoms in total. The number of aliphatic hydroxyl groups is 5. The lowest BCUT2D eigenvalue weighted by Crippen LogP contribution is -2.58. The van der Waals surface area contributed by atoms with Gasteiger partial charge in [-0.3, -0.25) is 0 Å². The largest absolute Gasteiger partial charge is 0.394 e. The molecular formula is C6H12O6. The molecule has 72 valence electrons. The van der Waals surface area contributed by atoms with Crippen LogP contribution in [0.15, 0.2) is 0 Å². The summed E-state index contributed by atoms with van der Waals surface area (Å²) in [6, 6.07) is 0. The molecule has 1 aliphatic rings. The fourth-order valence-corrected chi connectivity index (χ4v) is 1.08. The molecule has 2 unspecified atom stereocenters. The van der Waals surface area contributed by atoms with Crippen molar-refractivity contribution in [1.29, 1.82) is 0 Å². The Bertz CT molecular complexity index is 146. The van der Waals surface area contributed by atoms with Crippen LogP contribution in [-0.2, 0) is 4.74 Å². The first-order chi connectivity index (χ1) is 5.57. The minimum Gasteiger partial charge on any atom is -0.394 e. The molecule has 0 radical (unpaired) electrons. The zero-order chi connectivity index (χ0) is 9.30. The predicted molar refractivity (Wildman–Crippen MR) is 36.0 cm³/mol. The van der Waals surface area contributed by atoms with Gasteiger partial charge in [0.05, 0.1) is 6.61 Å². The Kier molecular flexibility index (Phi) is 2.99. The first-order valence-corrected chi connectivity index (χ1v) is 3.56. The molecule has 0 aromatic rings. The second kappa shape index (κ2) is 3.65. The van der Waals surface area contributed by atoms with Crippen LogP contribution in [0.1, 0.15) is 0 Å². The zero-order valence-corrected chi connectivity index (χ0v) is 6.24. The minimum atomic E-state index is -1.57. The van der Waals surface area contributed by atoms with Crippen molar-refractivity contribution < 1.29 is 30.3 Å². The highest BCUT2D eigenvalue weighted by Gasteiger charge is 2.42. The summed E-state index contributed by atoms with van der Waals surface area (Å²) in [5.41, 5.74) is 0. The van der Waals surface area contributed by atoms with Crippen molar-refractivity contribution >= 4 is 0 Å². The zero-order valence-electron chi connectivity index (χ0n) is 6.24. The van der Waals surface area contributed by atoms with Gasteiger partial charge in [-0.05, 0) is 0 Å². The molecule has 0 aromatic heterocycles. The smallest absolute Gasteiger partial charge is 0.184 e. The second-order valence-corrected chi connectivity index (χ2v) is 2.72.